The third-order valence-corrected chi connectivity index (χ3v) is 9.13. The van der Waals surface area contributed by atoms with E-state index >= 15 is 0 Å². The second-order valence-corrected chi connectivity index (χ2v) is 12.7. The van der Waals surface area contributed by atoms with E-state index in [4.69, 9.17) is 4.74 Å². The van der Waals surface area contributed by atoms with Gasteiger partial charge in [-0.05, 0) is 67.4 Å². The van der Waals surface area contributed by atoms with Gasteiger partial charge in [-0.2, -0.15) is 0 Å². The predicted molar refractivity (Wildman–Crippen MR) is 191 cm³/mol. The Morgan fingerprint density at radius 2 is 1.70 bits per heavy atom. The number of benzene rings is 4. The molecule has 3 N–H and O–H groups in total. The Bertz CT molecular complexity index is 1910. The number of ether oxygens (including phenoxy) is 1. The Labute approximate surface area is 282 Å². The van der Waals surface area contributed by atoms with Crippen molar-refractivity contribution in [2.45, 2.75) is 30.4 Å². The maximum absolute atomic E-state index is 13.5. The Hall–Kier alpha value is -5.19. The summed E-state index contributed by atoms with van der Waals surface area (Å²) in [6.07, 6.45) is 2.23. The van der Waals surface area contributed by atoms with Crippen molar-refractivity contribution in [1.29, 1.82) is 0 Å². The molecule has 3 amide bonds. The van der Waals surface area contributed by atoms with Gasteiger partial charge in [0, 0.05) is 27.1 Å². The van der Waals surface area contributed by atoms with Gasteiger partial charge in [-0.3, -0.25) is 14.4 Å². The zero-order chi connectivity index (χ0) is 33.2. The predicted octanol–water partition coefficient (Wildman–Crippen LogP) is 8.05. The number of aryl methyl sites for hydroxylation is 1. The van der Waals surface area contributed by atoms with Crippen LogP contribution < -0.4 is 20.7 Å². The number of hydrogen-bond donors (Lipinski definition) is 3. The number of anilines is 2. The molecule has 1 atom stereocenters. The molecule has 238 valence electrons. The number of aromatic nitrogens is 1. The lowest BCUT2D eigenvalue weighted by atomic mass is 10.1. The second-order valence-electron chi connectivity index (χ2n) is 10.5. The monoisotopic (exact) mass is 662 g/mol. The van der Waals surface area contributed by atoms with E-state index in [1.54, 1.807) is 43.5 Å². The first kappa shape index (κ1) is 33.2. The van der Waals surface area contributed by atoms with Crippen LogP contribution in [-0.2, 0) is 9.59 Å². The smallest absolute Gasteiger partial charge is 0.272 e. The van der Waals surface area contributed by atoms with Crippen molar-refractivity contribution in [1.82, 2.24) is 10.3 Å². The molecule has 0 aliphatic rings. The molecule has 47 heavy (non-hydrogen) atoms. The van der Waals surface area contributed by atoms with Gasteiger partial charge in [0.05, 0.1) is 18.1 Å². The quantitative estimate of drug-likeness (QED) is 0.0922. The molecule has 0 aliphatic carbocycles. The molecule has 5 rings (SSSR count). The molecule has 0 radical (unpaired) electrons. The number of carbonyl (C=O) groups is 3. The minimum absolute atomic E-state index is 0.102. The zero-order valence-corrected chi connectivity index (χ0v) is 27.8. The first-order valence-corrected chi connectivity index (χ1v) is 16.7. The van der Waals surface area contributed by atoms with E-state index in [1.807, 2.05) is 92.0 Å². The molecule has 1 heterocycles. The summed E-state index contributed by atoms with van der Waals surface area (Å²) in [6, 6.07) is 31.3. The third kappa shape index (κ3) is 9.18. The van der Waals surface area contributed by atoms with Crippen LogP contribution in [0.1, 0.15) is 34.8 Å². The highest BCUT2D eigenvalue weighted by atomic mass is 32.2. The number of methoxy groups -OCH3 is 1. The molecule has 0 spiro atoms. The van der Waals surface area contributed by atoms with Crippen LogP contribution in [0.4, 0.5) is 10.8 Å². The lowest BCUT2D eigenvalue weighted by molar-refractivity contribution is -0.116. The van der Waals surface area contributed by atoms with Gasteiger partial charge >= 0.3 is 0 Å². The molecular formula is C37H34N4O4S2. The summed E-state index contributed by atoms with van der Waals surface area (Å²) in [5.41, 5.74) is 4.53. The molecule has 4 aromatic carbocycles. The van der Waals surface area contributed by atoms with E-state index < -0.39 is 17.1 Å². The molecule has 5 aromatic rings. The van der Waals surface area contributed by atoms with Crippen LogP contribution in [0.3, 0.4) is 0 Å². The van der Waals surface area contributed by atoms with Gasteiger partial charge in [-0.15, -0.1) is 23.1 Å². The number of hydrogen-bond acceptors (Lipinski definition) is 7. The van der Waals surface area contributed by atoms with Crippen LogP contribution in [0.5, 0.6) is 5.75 Å². The maximum Gasteiger partial charge on any atom is 0.272 e. The summed E-state index contributed by atoms with van der Waals surface area (Å²) in [5.74, 6) is -0.294. The summed E-state index contributed by atoms with van der Waals surface area (Å²) in [7, 11) is 1.62. The number of thiazole rings is 1. The van der Waals surface area contributed by atoms with E-state index in [9.17, 15) is 14.4 Å². The maximum atomic E-state index is 13.5. The number of rotatable bonds is 12. The normalized spacial score (nSPS) is 11.8. The van der Waals surface area contributed by atoms with Crippen LogP contribution in [0, 0.1) is 6.92 Å². The van der Waals surface area contributed by atoms with Crippen LogP contribution in [-0.4, -0.2) is 35.1 Å². The van der Waals surface area contributed by atoms with Crippen LogP contribution in [0.25, 0.3) is 17.3 Å². The van der Waals surface area contributed by atoms with Crippen molar-refractivity contribution in [2.75, 3.05) is 17.7 Å². The fraction of sp³-hybridized carbons (Fsp3) is 0.135. The van der Waals surface area contributed by atoms with Crippen molar-refractivity contribution in [2.24, 2.45) is 0 Å². The highest BCUT2D eigenvalue weighted by molar-refractivity contribution is 8.00. The van der Waals surface area contributed by atoms with Crippen molar-refractivity contribution >= 4 is 57.7 Å². The number of nitrogens with one attached hydrogen (secondary N) is 3. The number of carbonyl (C=O) groups excluding carboxylic acids is 3. The third-order valence-electron chi connectivity index (χ3n) is 7.02. The van der Waals surface area contributed by atoms with Gasteiger partial charge in [0.25, 0.3) is 11.8 Å². The van der Waals surface area contributed by atoms with E-state index in [0.29, 0.717) is 22.8 Å². The molecule has 0 bridgehead atoms. The lowest BCUT2D eigenvalue weighted by Gasteiger charge is -2.15. The van der Waals surface area contributed by atoms with Gasteiger partial charge in [0.15, 0.2) is 5.13 Å². The summed E-state index contributed by atoms with van der Waals surface area (Å²) >= 11 is 2.76. The largest absolute Gasteiger partial charge is 0.497 e. The van der Waals surface area contributed by atoms with Gasteiger partial charge in [0.2, 0.25) is 5.91 Å². The SMILES string of the molecule is CCC(Sc1cccc(NC(=O)/C(=C\c2cccc(C)c2)NC(=O)c2ccccc2)c1)C(=O)Nc1nc(-c2cccc(OC)c2)cs1. The molecule has 0 saturated heterocycles. The fourth-order valence-corrected chi connectivity index (χ4v) is 6.37. The summed E-state index contributed by atoms with van der Waals surface area (Å²) in [4.78, 5) is 45.2. The Balaban J connectivity index is 1.27. The molecule has 0 aliphatic heterocycles. The Morgan fingerprint density at radius 3 is 2.47 bits per heavy atom. The second kappa shape index (κ2) is 15.9. The number of nitrogens with zero attached hydrogens (tertiary/aromatic N) is 1. The Morgan fingerprint density at radius 1 is 0.915 bits per heavy atom. The van der Waals surface area contributed by atoms with Crippen molar-refractivity contribution < 1.29 is 19.1 Å². The van der Waals surface area contributed by atoms with Crippen molar-refractivity contribution in [3.05, 3.63) is 131 Å². The van der Waals surface area contributed by atoms with Crippen molar-refractivity contribution in [3.63, 3.8) is 0 Å². The van der Waals surface area contributed by atoms with Gasteiger partial charge < -0.3 is 20.7 Å². The molecular weight excluding hydrogens is 629 g/mol. The first-order chi connectivity index (χ1) is 22.8. The molecule has 10 heteroatoms. The van der Waals surface area contributed by atoms with Crippen LogP contribution >= 0.6 is 23.1 Å². The molecule has 1 unspecified atom stereocenters. The van der Waals surface area contributed by atoms with E-state index in [2.05, 4.69) is 20.9 Å². The molecule has 1 aromatic heterocycles. The summed E-state index contributed by atoms with van der Waals surface area (Å²) in [5, 5.41) is 10.6. The topological polar surface area (TPSA) is 109 Å². The minimum Gasteiger partial charge on any atom is -0.497 e. The van der Waals surface area contributed by atoms with Crippen LogP contribution in [0.2, 0.25) is 0 Å². The minimum atomic E-state index is -0.474. The zero-order valence-electron chi connectivity index (χ0n) is 26.2. The van der Waals surface area contributed by atoms with Gasteiger partial charge in [-0.25, -0.2) is 4.98 Å². The lowest BCUT2D eigenvalue weighted by Crippen LogP contribution is -2.30. The van der Waals surface area contributed by atoms with Gasteiger partial charge in [-0.1, -0.05) is 73.2 Å². The Kier molecular flexibility index (Phi) is 11.2. The van der Waals surface area contributed by atoms with Gasteiger partial charge in [0.1, 0.15) is 11.4 Å². The number of thioether (sulfide) groups is 1. The molecule has 0 fully saturated rings. The fourth-order valence-electron chi connectivity index (χ4n) is 4.63. The highest BCUT2D eigenvalue weighted by Crippen LogP contribution is 2.31. The highest BCUT2D eigenvalue weighted by Gasteiger charge is 2.21. The van der Waals surface area contributed by atoms with E-state index in [-0.39, 0.29) is 11.6 Å². The average molecular weight is 663 g/mol. The summed E-state index contributed by atoms with van der Waals surface area (Å²) < 4.78 is 5.31. The van der Waals surface area contributed by atoms with E-state index in [1.165, 1.54) is 23.1 Å². The van der Waals surface area contributed by atoms with Crippen molar-refractivity contribution in [3.8, 4) is 17.0 Å². The van der Waals surface area contributed by atoms with E-state index in [0.717, 1.165) is 33.0 Å². The first-order valence-electron chi connectivity index (χ1n) is 14.9. The average Bonchev–Trinajstić information content (AvgIpc) is 3.56. The number of amides is 3. The van der Waals surface area contributed by atoms with Crippen LogP contribution in [0.15, 0.2) is 119 Å². The molecule has 8 nitrogen and oxygen atoms in total. The molecule has 0 saturated carbocycles. The standard InChI is InChI=1S/C37H34N4O4S2/c1-4-33(36(44)41-37-40-32(23-46-37)27-15-9-17-29(21-27)45-3)47-30-18-10-16-28(22-30)38-35(43)31(20-25-12-8-11-24(2)19-25)39-34(42)26-13-6-5-7-14-26/h5-23,33H,4H2,1-3H3,(H,38,43)(H,39,42)(H,40,41,44)/b31-20+. The summed E-state index contributed by atoms with van der Waals surface area (Å²) in [6.45, 7) is 3.91.